The van der Waals surface area contributed by atoms with E-state index in [2.05, 4.69) is 10.1 Å². The normalized spacial score (nSPS) is 16.4. The van der Waals surface area contributed by atoms with Crippen LogP contribution in [-0.4, -0.2) is 53.9 Å². The predicted octanol–water partition coefficient (Wildman–Crippen LogP) is 3.40. The molecule has 12 heteroatoms. The lowest BCUT2D eigenvalue weighted by atomic mass is 10.1. The molecule has 2 heterocycles. The topological polar surface area (TPSA) is 79.5 Å². The second kappa shape index (κ2) is 8.60. The third-order valence-electron chi connectivity index (χ3n) is 5.06. The summed E-state index contributed by atoms with van der Waals surface area (Å²) in [5, 5.41) is 3.76. The molecule has 0 saturated carbocycles. The SMILES string of the molecule is O=S(=O)(c1ccc(F)cc1)N1CCN(Cc2nc(-c3cccc(C(F)(F)F)c3)no2)CC1. The van der Waals surface area contributed by atoms with Gasteiger partial charge in [-0.25, -0.2) is 12.8 Å². The molecular weight excluding hydrogens is 452 g/mol. The van der Waals surface area contributed by atoms with Gasteiger partial charge in [0.25, 0.3) is 0 Å². The number of hydrogen-bond acceptors (Lipinski definition) is 6. The van der Waals surface area contributed by atoms with E-state index >= 15 is 0 Å². The minimum Gasteiger partial charge on any atom is -0.338 e. The van der Waals surface area contributed by atoms with Gasteiger partial charge in [-0.2, -0.15) is 22.5 Å². The fourth-order valence-corrected chi connectivity index (χ4v) is 4.77. The first-order chi connectivity index (χ1) is 15.1. The maximum absolute atomic E-state index is 13.1. The summed E-state index contributed by atoms with van der Waals surface area (Å²) < 4.78 is 83.6. The molecule has 0 N–H and O–H groups in total. The fraction of sp³-hybridized carbons (Fsp3) is 0.300. The molecule has 0 spiro atoms. The zero-order chi connectivity index (χ0) is 22.9. The van der Waals surface area contributed by atoms with E-state index in [1.165, 1.54) is 28.6 Å². The summed E-state index contributed by atoms with van der Waals surface area (Å²) in [5.74, 6) is -0.256. The molecule has 32 heavy (non-hydrogen) atoms. The van der Waals surface area contributed by atoms with Gasteiger partial charge in [-0.1, -0.05) is 17.3 Å². The van der Waals surface area contributed by atoms with Gasteiger partial charge in [0.1, 0.15) is 5.82 Å². The van der Waals surface area contributed by atoms with E-state index in [1.54, 1.807) is 0 Å². The summed E-state index contributed by atoms with van der Waals surface area (Å²) in [5.41, 5.74) is -0.620. The minimum atomic E-state index is -4.48. The molecular formula is C20H18F4N4O3S. The maximum atomic E-state index is 13.1. The van der Waals surface area contributed by atoms with Crippen LogP contribution in [0.15, 0.2) is 57.9 Å². The average molecular weight is 470 g/mol. The van der Waals surface area contributed by atoms with Gasteiger partial charge >= 0.3 is 6.18 Å². The van der Waals surface area contributed by atoms with Crippen molar-refractivity contribution < 1.29 is 30.5 Å². The number of hydrogen-bond donors (Lipinski definition) is 0. The van der Waals surface area contributed by atoms with Crippen molar-refractivity contribution in [3.8, 4) is 11.4 Å². The second-order valence-corrected chi connectivity index (χ2v) is 9.16. The highest BCUT2D eigenvalue weighted by Crippen LogP contribution is 2.31. The van der Waals surface area contributed by atoms with Crippen molar-refractivity contribution in [3.63, 3.8) is 0 Å². The number of sulfonamides is 1. The van der Waals surface area contributed by atoms with Crippen LogP contribution in [0.2, 0.25) is 0 Å². The number of nitrogens with zero attached hydrogens (tertiary/aromatic N) is 4. The zero-order valence-electron chi connectivity index (χ0n) is 16.6. The molecule has 4 rings (SSSR count). The first-order valence-corrected chi connectivity index (χ1v) is 11.1. The van der Waals surface area contributed by atoms with E-state index in [0.29, 0.717) is 13.1 Å². The molecule has 3 aromatic rings. The highest BCUT2D eigenvalue weighted by molar-refractivity contribution is 7.89. The Morgan fingerprint density at radius 2 is 1.69 bits per heavy atom. The Morgan fingerprint density at radius 1 is 1.00 bits per heavy atom. The predicted molar refractivity (Wildman–Crippen MR) is 105 cm³/mol. The summed E-state index contributed by atoms with van der Waals surface area (Å²) in [6.07, 6.45) is -4.48. The highest BCUT2D eigenvalue weighted by Gasteiger charge is 2.31. The van der Waals surface area contributed by atoms with Crippen LogP contribution in [0.5, 0.6) is 0 Å². The van der Waals surface area contributed by atoms with Crippen molar-refractivity contribution in [1.29, 1.82) is 0 Å². The molecule has 0 aliphatic carbocycles. The summed E-state index contributed by atoms with van der Waals surface area (Å²) in [7, 11) is -3.73. The van der Waals surface area contributed by atoms with Crippen molar-refractivity contribution in [2.75, 3.05) is 26.2 Å². The van der Waals surface area contributed by atoms with Crippen LogP contribution in [0.25, 0.3) is 11.4 Å². The number of piperazine rings is 1. The van der Waals surface area contributed by atoms with Gasteiger partial charge in [0.2, 0.25) is 21.7 Å². The van der Waals surface area contributed by atoms with Crippen LogP contribution in [0.4, 0.5) is 17.6 Å². The summed E-state index contributed by atoms with van der Waals surface area (Å²) in [4.78, 5) is 6.09. The first kappa shape index (κ1) is 22.4. The van der Waals surface area contributed by atoms with E-state index in [9.17, 15) is 26.0 Å². The highest BCUT2D eigenvalue weighted by atomic mass is 32.2. The van der Waals surface area contributed by atoms with E-state index in [0.717, 1.165) is 24.3 Å². The average Bonchev–Trinajstić information content (AvgIpc) is 3.22. The number of alkyl halides is 3. The Labute approximate surface area is 181 Å². The lowest BCUT2D eigenvalue weighted by Crippen LogP contribution is -2.48. The van der Waals surface area contributed by atoms with Gasteiger partial charge in [-0.15, -0.1) is 0 Å². The van der Waals surface area contributed by atoms with Crippen molar-refractivity contribution in [2.45, 2.75) is 17.6 Å². The molecule has 170 valence electrons. The van der Waals surface area contributed by atoms with Crippen molar-refractivity contribution in [3.05, 3.63) is 65.8 Å². The Bertz CT molecular complexity index is 1190. The number of aromatic nitrogens is 2. The van der Waals surface area contributed by atoms with Crippen molar-refractivity contribution in [2.24, 2.45) is 0 Å². The monoisotopic (exact) mass is 470 g/mol. The number of benzene rings is 2. The molecule has 1 saturated heterocycles. The van der Waals surface area contributed by atoms with Crippen LogP contribution in [-0.2, 0) is 22.7 Å². The fourth-order valence-electron chi connectivity index (χ4n) is 3.35. The molecule has 1 aromatic heterocycles. The molecule has 0 amide bonds. The third-order valence-corrected chi connectivity index (χ3v) is 6.97. The molecule has 0 atom stereocenters. The largest absolute Gasteiger partial charge is 0.416 e. The van der Waals surface area contributed by atoms with Gasteiger partial charge in [0, 0.05) is 31.7 Å². The molecule has 7 nitrogen and oxygen atoms in total. The molecule has 1 aliphatic rings. The zero-order valence-corrected chi connectivity index (χ0v) is 17.4. The van der Waals surface area contributed by atoms with Crippen LogP contribution in [0, 0.1) is 5.82 Å². The Morgan fingerprint density at radius 3 is 2.34 bits per heavy atom. The first-order valence-electron chi connectivity index (χ1n) is 9.61. The summed E-state index contributed by atoms with van der Waals surface area (Å²) in [6, 6.07) is 9.30. The van der Waals surface area contributed by atoms with Crippen LogP contribution in [0.1, 0.15) is 11.5 Å². The third kappa shape index (κ3) is 4.81. The lowest BCUT2D eigenvalue weighted by molar-refractivity contribution is -0.137. The second-order valence-electron chi connectivity index (χ2n) is 7.22. The molecule has 1 aliphatic heterocycles. The Kier molecular flexibility index (Phi) is 6.01. The lowest BCUT2D eigenvalue weighted by Gasteiger charge is -2.33. The molecule has 2 aromatic carbocycles. The smallest absolute Gasteiger partial charge is 0.338 e. The van der Waals surface area contributed by atoms with Gasteiger partial charge in [0.05, 0.1) is 17.0 Å². The van der Waals surface area contributed by atoms with Crippen LogP contribution >= 0.6 is 0 Å². The quantitative estimate of drug-likeness (QED) is 0.532. The molecule has 0 bridgehead atoms. The van der Waals surface area contributed by atoms with E-state index in [1.807, 2.05) is 4.90 Å². The Balaban J connectivity index is 1.38. The molecule has 1 fully saturated rings. The van der Waals surface area contributed by atoms with Gasteiger partial charge in [-0.05, 0) is 36.4 Å². The standard InChI is InChI=1S/C20H18F4N4O3S/c21-16-4-6-17(7-5-16)32(29,30)28-10-8-27(9-11-28)13-18-25-19(26-31-18)14-2-1-3-15(12-14)20(22,23)24/h1-7,12H,8-11,13H2. The van der Waals surface area contributed by atoms with Gasteiger partial charge < -0.3 is 4.52 Å². The van der Waals surface area contributed by atoms with E-state index < -0.39 is 27.6 Å². The number of rotatable bonds is 5. The van der Waals surface area contributed by atoms with Crippen LogP contribution in [0.3, 0.4) is 0 Å². The minimum absolute atomic E-state index is 0.0231. The molecule has 0 unspecified atom stereocenters. The van der Waals surface area contributed by atoms with Crippen LogP contribution < -0.4 is 0 Å². The van der Waals surface area contributed by atoms with Crippen molar-refractivity contribution in [1.82, 2.24) is 19.3 Å². The Hall–Kier alpha value is -2.83. The summed E-state index contributed by atoms with van der Waals surface area (Å²) in [6.45, 7) is 1.45. The van der Waals surface area contributed by atoms with Gasteiger partial charge in [-0.3, -0.25) is 4.90 Å². The van der Waals surface area contributed by atoms with E-state index in [4.69, 9.17) is 4.52 Å². The summed E-state index contributed by atoms with van der Waals surface area (Å²) >= 11 is 0. The van der Waals surface area contributed by atoms with Crippen molar-refractivity contribution >= 4 is 10.0 Å². The van der Waals surface area contributed by atoms with E-state index in [-0.39, 0.29) is 41.8 Å². The number of halogens is 4. The molecule has 0 radical (unpaired) electrons. The van der Waals surface area contributed by atoms with Gasteiger partial charge in [0.15, 0.2) is 0 Å². The maximum Gasteiger partial charge on any atom is 0.416 e.